The van der Waals surface area contributed by atoms with E-state index in [1.54, 1.807) is 13.0 Å². The lowest BCUT2D eigenvalue weighted by Crippen LogP contribution is -2.14. The van der Waals surface area contributed by atoms with Crippen molar-refractivity contribution in [3.63, 3.8) is 0 Å². The van der Waals surface area contributed by atoms with Crippen LogP contribution < -0.4 is 10.5 Å². The summed E-state index contributed by atoms with van der Waals surface area (Å²) >= 11 is 0. The van der Waals surface area contributed by atoms with E-state index < -0.39 is 11.0 Å². The number of primary amides is 1. The average Bonchev–Trinajstić information content (AvgIpc) is 2.96. The van der Waals surface area contributed by atoms with Crippen LogP contribution in [0, 0.1) is 17.0 Å². The van der Waals surface area contributed by atoms with Crippen LogP contribution in [0.25, 0.3) is 5.69 Å². The van der Waals surface area contributed by atoms with Gasteiger partial charge in [-0.3, -0.25) is 10.1 Å². The fraction of sp³-hybridized carbons (Fsp3) is 0.357. The maximum Gasteiger partial charge on any atom is 0.404 e. The van der Waals surface area contributed by atoms with Gasteiger partial charge in [-0.1, -0.05) is 0 Å². The Kier molecular flexibility index (Phi) is 5.66. The van der Waals surface area contributed by atoms with E-state index >= 15 is 0 Å². The van der Waals surface area contributed by atoms with E-state index in [2.05, 4.69) is 14.8 Å². The van der Waals surface area contributed by atoms with Crippen molar-refractivity contribution in [1.29, 1.82) is 0 Å². The summed E-state index contributed by atoms with van der Waals surface area (Å²) in [4.78, 5) is 24.9. The number of nitro groups is 1. The van der Waals surface area contributed by atoms with Crippen molar-refractivity contribution < 1.29 is 19.2 Å². The summed E-state index contributed by atoms with van der Waals surface area (Å²) in [6.07, 6.45) is 1.84. The number of carbonyl (C=O) groups excluding carboxylic acids is 1. The zero-order valence-corrected chi connectivity index (χ0v) is 13.0. The second-order valence-corrected chi connectivity index (χ2v) is 4.87. The van der Waals surface area contributed by atoms with E-state index in [1.807, 2.05) is 0 Å². The summed E-state index contributed by atoms with van der Waals surface area (Å²) in [5.74, 6) is 0.896. The highest BCUT2D eigenvalue weighted by Gasteiger charge is 2.14. The van der Waals surface area contributed by atoms with E-state index in [1.165, 1.54) is 23.1 Å². The molecule has 0 aliphatic carbocycles. The van der Waals surface area contributed by atoms with Crippen LogP contribution in [0.3, 0.4) is 0 Å². The Labute approximate surface area is 137 Å². The highest BCUT2D eigenvalue weighted by Crippen LogP contribution is 2.27. The number of benzene rings is 1. The van der Waals surface area contributed by atoms with E-state index in [0.717, 1.165) is 0 Å². The number of non-ortho nitro benzene ring substituents is 1. The molecule has 1 aromatic carbocycles. The Morgan fingerprint density at radius 3 is 2.75 bits per heavy atom. The van der Waals surface area contributed by atoms with Crippen LogP contribution in [0.1, 0.15) is 18.7 Å². The number of nitrogens with zero attached hydrogens (tertiary/aromatic N) is 4. The highest BCUT2D eigenvalue weighted by molar-refractivity contribution is 5.64. The minimum atomic E-state index is -0.821. The first-order chi connectivity index (χ1) is 11.5. The van der Waals surface area contributed by atoms with Gasteiger partial charge in [0.1, 0.15) is 17.8 Å². The zero-order chi connectivity index (χ0) is 17.5. The summed E-state index contributed by atoms with van der Waals surface area (Å²) in [5.41, 5.74) is 5.33. The Hall–Kier alpha value is -3.17. The molecule has 128 valence electrons. The number of hydrogen-bond donors (Lipinski definition) is 1. The lowest BCUT2D eigenvalue weighted by atomic mass is 10.2. The molecular formula is C14H17N5O5. The zero-order valence-electron chi connectivity index (χ0n) is 13.0. The number of aryl methyl sites for hydroxylation is 1. The molecule has 0 fully saturated rings. The number of aromatic nitrogens is 3. The van der Waals surface area contributed by atoms with Crippen molar-refractivity contribution in [2.24, 2.45) is 5.73 Å². The van der Waals surface area contributed by atoms with Crippen molar-refractivity contribution in [2.45, 2.75) is 19.8 Å². The second-order valence-electron chi connectivity index (χ2n) is 4.87. The Morgan fingerprint density at radius 2 is 2.12 bits per heavy atom. The van der Waals surface area contributed by atoms with Gasteiger partial charge in [0.2, 0.25) is 0 Å². The third kappa shape index (κ3) is 4.66. The van der Waals surface area contributed by atoms with E-state index in [0.29, 0.717) is 36.7 Å². The smallest absolute Gasteiger partial charge is 0.404 e. The predicted molar refractivity (Wildman–Crippen MR) is 83.0 cm³/mol. The molecule has 0 aliphatic heterocycles. The summed E-state index contributed by atoms with van der Waals surface area (Å²) in [5, 5.41) is 15.1. The molecule has 0 radical (unpaired) electrons. The van der Waals surface area contributed by atoms with Crippen LogP contribution in [-0.4, -0.2) is 39.0 Å². The first-order valence-electron chi connectivity index (χ1n) is 7.19. The van der Waals surface area contributed by atoms with Crippen LogP contribution in [0.5, 0.6) is 5.75 Å². The van der Waals surface area contributed by atoms with Gasteiger partial charge in [0.05, 0.1) is 24.2 Å². The van der Waals surface area contributed by atoms with Gasteiger partial charge >= 0.3 is 6.09 Å². The lowest BCUT2D eigenvalue weighted by molar-refractivity contribution is -0.384. The molecule has 2 aromatic rings. The maximum absolute atomic E-state index is 10.9. The molecule has 24 heavy (non-hydrogen) atoms. The van der Waals surface area contributed by atoms with Crippen LogP contribution in [0.4, 0.5) is 10.5 Å². The van der Waals surface area contributed by atoms with Crippen LogP contribution in [-0.2, 0) is 4.74 Å². The van der Waals surface area contributed by atoms with Crippen LogP contribution in [0.2, 0.25) is 0 Å². The second kappa shape index (κ2) is 7.90. The van der Waals surface area contributed by atoms with E-state index in [4.69, 9.17) is 10.5 Å². The number of hydrogen-bond acceptors (Lipinski definition) is 7. The predicted octanol–water partition coefficient (Wildman–Crippen LogP) is 1.74. The molecule has 1 aromatic heterocycles. The van der Waals surface area contributed by atoms with Gasteiger partial charge in [-0.2, -0.15) is 5.10 Å². The molecule has 1 heterocycles. The van der Waals surface area contributed by atoms with E-state index in [-0.39, 0.29) is 12.3 Å². The van der Waals surface area contributed by atoms with Gasteiger partial charge < -0.3 is 15.2 Å². The first-order valence-corrected chi connectivity index (χ1v) is 7.19. The number of amides is 1. The number of unbranched alkanes of at least 4 members (excludes halogenated alkanes) is 1. The van der Waals surface area contributed by atoms with Crippen LogP contribution >= 0.6 is 0 Å². The molecule has 0 atom stereocenters. The summed E-state index contributed by atoms with van der Waals surface area (Å²) in [6, 6.07) is 4.27. The Balaban J connectivity index is 2.06. The molecule has 0 bridgehead atoms. The molecule has 10 nitrogen and oxygen atoms in total. The van der Waals surface area contributed by atoms with Gasteiger partial charge in [-0.15, -0.1) is 0 Å². The molecular weight excluding hydrogens is 318 g/mol. The lowest BCUT2D eigenvalue weighted by Gasteiger charge is -2.11. The standard InChI is InChI=1S/C14H17N5O5/c1-10-16-9-18(17-10)12-5-4-11(19(21)22)8-13(12)23-6-2-3-7-24-14(15)20/h4-5,8-9H,2-3,6-7H2,1H3,(H2,15,20). The topological polar surface area (TPSA) is 135 Å². The quantitative estimate of drug-likeness (QED) is 0.441. The van der Waals surface area contributed by atoms with Gasteiger partial charge in [-0.25, -0.2) is 14.5 Å². The average molecular weight is 335 g/mol. The number of carbonyl (C=O) groups is 1. The molecule has 1 amide bonds. The number of nitrogens with two attached hydrogens (primary N) is 1. The molecule has 2 N–H and O–H groups in total. The van der Waals surface area contributed by atoms with Crippen molar-refractivity contribution in [1.82, 2.24) is 14.8 Å². The number of nitro benzene ring substituents is 1. The third-order valence-electron chi connectivity index (χ3n) is 3.05. The van der Waals surface area contributed by atoms with Crippen molar-refractivity contribution in [3.8, 4) is 11.4 Å². The first kappa shape index (κ1) is 17.2. The fourth-order valence-electron chi connectivity index (χ4n) is 1.94. The van der Waals surface area contributed by atoms with Crippen molar-refractivity contribution in [2.75, 3.05) is 13.2 Å². The van der Waals surface area contributed by atoms with Gasteiger partial charge in [0.15, 0.2) is 5.75 Å². The maximum atomic E-state index is 10.9. The number of rotatable bonds is 8. The molecule has 0 saturated carbocycles. The summed E-state index contributed by atoms with van der Waals surface area (Å²) < 4.78 is 11.7. The minimum Gasteiger partial charge on any atom is -0.491 e. The molecule has 10 heteroatoms. The van der Waals surface area contributed by atoms with Crippen molar-refractivity contribution >= 4 is 11.8 Å². The molecule has 0 saturated heterocycles. The molecule has 0 aliphatic rings. The van der Waals surface area contributed by atoms with E-state index in [9.17, 15) is 14.9 Å². The summed E-state index contributed by atoms with van der Waals surface area (Å²) in [7, 11) is 0. The minimum absolute atomic E-state index is 0.0809. The molecule has 0 unspecified atom stereocenters. The van der Waals surface area contributed by atoms with Gasteiger partial charge in [0, 0.05) is 6.07 Å². The molecule has 0 spiro atoms. The Bertz CT molecular complexity index is 730. The highest BCUT2D eigenvalue weighted by atomic mass is 16.6. The summed E-state index contributed by atoms with van der Waals surface area (Å²) in [6.45, 7) is 2.23. The number of ether oxygens (including phenoxy) is 2. The SMILES string of the molecule is Cc1ncn(-c2ccc([N+](=O)[O-])cc2OCCCCOC(N)=O)n1. The normalized spacial score (nSPS) is 10.4. The van der Waals surface area contributed by atoms with Gasteiger partial charge in [0.25, 0.3) is 5.69 Å². The third-order valence-corrected chi connectivity index (χ3v) is 3.05. The van der Waals surface area contributed by atoms with Crippen molar-refractivity contribution in [3.05, 3.63) is 40.5 Å². The molecule has 2 rings (SSSR count). The monoisotopic (exact) mass is 335 g/mol. The van der Waals surface area contributed by atoms with Crippen LogP contribution in [0.15, 0.2) is 24.5 Å². The Morgan fingerprint density at radius 1 is 1.38 bits per heavy atom. The largest absolute Gasteiger partial charge is 0.491 e. The van der Waals surface area contributed by atoms with Gasteiger partial charge in [-0.05, 0) is 25.8 Å². The fourth-order valence-corrected chi connectivity index (χ4v) is 1.94.